The molecule has 0 saturated heterocycles. The van der Waals surface area contributed by atoms with Gasteiger partial charge >= 0.3 is 33.3 Å². The number of carboxylic acid groups (broad SMARTS) is 1. The summed E-state index contributed by atoms with van der Waals surface area (Å²) in [5.74, 6) is -4.95. The number of carbonyl (C=O) groups is 3. The van der Waals surface area contributed by atoms with Crippen LogP contribution in [0.15, 0.2) is 18.2 Å². The predicted octanol–water partition coefficient (Wildman–Crippen LogP) is 4.57. The van der Waals surface area contributed by atoms with E-state index >= 15 is 0 Å². The number of nitro groups is 1. The molecule has 2 rings (SSSR count). The lowest BCUT2D eigenvalue weighted by Gasteiger charge is -2.15. The molecule has 0 heterocycles. The first-order valence-electron chi connectivity index (χ1n) is 8.52. The summed E-state index contributed by atoms with van der Waals surface area (Å²) in [7, 11) is -5.95. The number of hydrogen-bond acceptors (Lipinski definition) is 9. The Morgan fingerprint density at radius 2 is 1.53 bits per heavy atom. The molecule has 0 aromatic heterocycles. The number of aromatic carboxylic acids is 1. The van der Waals surface area contributed by atoms with E-state index in [4.69, 9.17) is 9.29 Å². The van der Waals surface area contributed by atoms with Crippen LogP contribution in [0.5, 0.6) is 5.75 Å². The SMILES string of the molecule is O=C(OCC(F)(F)S(=O)(=O)O)c1cc(OC(=O)c2c(I)c(I)c(I)c(I)c2C(=O)O)ccc1[N+](=O)[O-]. The maximum absolute atomic E-state index is 13.4. The van der Waals surface area contributed by atoms with E-state index in [2.05, 4.69) is 4.74 Å². The van der Waals surface area contributed by atoms with Crippen molar-refractivity contribution in [1.82, 2.24) is 0 Å². The second-order valence-corrected chi connectivity index (χ2v) is 12.2. The van der Waals surface area contributed by atoms with Crippen LogP contribution in [-0.4, -0.2) is 52.8 Å². The lowest BCUT2D eigenvalue weighted by atomic mass is 10.1. The summed E-state index contributed by atoms with van der Waals surface area (Å²) in [4.78, 5) is 47.1. The Balaban J connectivity index is 2.49. The molecule has 19 heteroatoms. The fraction of sp³-hybridized carbons (Fsp3) is 0.118. The summed E-state index contributed by atoms with van der Waals surface area (Å²) in [6.45, 7) is -2.16. The number of ether oxygens (including phenoxy) is 2. The fourth-order valence-electron chi connectivity index (χ4n) is 2.39. The highest BCUT2D eigenvalue weighted by atomic mass is 127. The molecular formula is C17H7F2I4NO11S. The molecule has 2 aromatic carbocycles. The van der Waals surface area contributed by atoms with Gasteiger partial charge in [0.25, 0.3) is 5.69 Å². The number of carbonyl (C=O) groups excluding carboxylic acids is 2. The Bertz CT molecular complexity index is 1420. The first kappa shape index (κ1) is 31.2. The second-order valence-electron chi connectivity index (χ2n) is 6.33. The van der Waals surface area contributed by atoms with Crippen molar-refractivity contribution in [2.24, 2.45) is 0 Å². The molecule has 0 aliphatic carbocycles. The molecule has 0 aliphatic rings. The third-order valence-electron chi connectivity index (χ3n) is 4.03. The van der Waals surface area contributed by atoms with Crippen LogP contribution in [-0.2, 0) is 14.9 Å². The van der Waals surface area contributed by atoms with Crippen molar-refractivity contribution in [2.75, 3.05) is 6.61 Å². The largest absolute Gasteiger partial charge is 0.478 e. The number of esters is 2. The van der Waals surface area contributed by atoms with Gasteiger partial charge in [0.05, 0.1) is 16.1 Å². The maximum Gasteiger partial charge on any atom is 0.402 e. The van der Waals surface area contributed by atoms with Crippen molar-refractivity contribution in [3.05, 3.63) is 59.3 Å². The lowest BCUT2D eigenvalue weighted by molar-refractivity contribution is -0.385. The van der Waals surface area contributed by atoms with Crippen LogP contribution in [0.25, 0.3) is 0 Å². The predicted molar refractivity (Wildman–Crippen MR) is 149 cm³/mol. The maximum atomic E-state index is 13.4. The van der Waals surface area contributed by atoms with Gasteiger partial charge in [-0.3, -0.25) is 14.7 Å². The number of benzene rings is 2. The third-order valence-corrected chi connectivity index (χ3v) is 12.3. The number of nitrogens with zero attached hydrogens (tertiary/aromatic N) is 1. The Hall–Kier alpha value is -1.06. The average molecular weight is 979 g/mol. The normalized spacial score (nSPS) is 11.6. The van der Waals surface area contributed by atoms with E-state index in [0.29, 0.717) is 19.3 Å². The minimum atomic E-state index is -5.95. The Morgan fingerprint density at radius 1 is 1.00 bits per heavy atom. The molecule has 0 unspecified atom stereocenters. The van der Waals surface area contributed by atoms with Crippen LogP contribution in [0.1, 0.15) is 31.1 Å². The van der Waals surface area contributed by atoms with Crippen molar-refractivity contribution in [2.45, 2.75) is 5.25 Å². The standard InChI is InChI=1S/C17H7F2I4NO11S/c18-17(19,36(31,32)33)4-34-15(27)6-3-5(1-2-7(6)24(29)30)35-16(28)9-8(14(25)26)10(20)12(22)13(23)11(9)21/h1-3H,4H2,(H,25,26)(H,31,32,33). The number of nitro benzene ring substituents is 1. The van der Waals surface area contributed by atoms with Crippen LogP contribution in [0.3, 0.4) is 0 Å². The molecule has 0 saturated carbocycles. The van der Waals surface area contributed by atoms with Gasteiger partial charge in [-0.05, 0) is 96.4 Å². The molecule has 12 nitrogen and oxygen atoms in total. The zero-order chi connectivity index (χ0) is 27.7. The summed E-state index contributed by atoms with van der Waals surface area (Å²) < 4.78 is 67.4. The summed E-state index contributed by atoms with van der Waals surface area (Å²) >= 11 is 7.26. The van der Waals surface area contributed by atoms with E-state index in [0.717, 1.165) is 6.07 Å². The minimum Gasteiger partial charge on any atom is -0.478 e. The highest BCUT2D eigenvalue weighted by Crippen LogP contribution is 2.34. The van der Waals surface area contributed by atoms with E-state index in [1.807, 2.05) is 45.2 Å². The Kier molecular flexibility index (Phi) is 10.2. The minimum absolute atomic E-state index is 0.231. The molecule has 36 heavy (non-hydrogen) atoms. The van der Waals surface area contributed by atoms with Crippen molar-refractivity contribution in [3.8, 4) is 5.75 Å². The highest BCUT2D eigenvalue weighted by molar-refractivity contribution is 14.1. The van der Waals surface area contributed by atoms with Gasteiger partial charge in [-0.15, -0.1) is 0 Å². The summed E-state index contributed by atoms with van der Waals surface area (Å²) in [6.07, 6.45) is 0. The highest BCUT2D eigenvalue weighted by Gasteiger charge is 2.46. The summed E-state index contributed by atoms with van der Waals surface area (Å²) in [5.41, 5.74) is -2.66. The van der Waals surface area contributed by atoms with Crippen molar-refractivity contribution < 1.29 is 55.6 Å². The molecule has 2 aromatic rings. The number of alkyl halides is 2. The van der Waals surface area contributed by atoms with Gasteiger partial charge in [-0.1, -0.05) is 0 Å². The van der Waals surface area contributed by atoms with Gasteiger partial charge in [-0.2, -0.15) is 17.2 Å². The number of hydrogen-bond donors (Lipinski definition) is 2. The zero-order valence-corrected chi connectivity index (χ0v) is 26.1. The van der Waals surface area contributed by atoms with E-state index in [-0.39, 0.29) is 18.3 Å². The fourth-order valence-corrected chi connectivity index (χ4v) is 6.23. The van der Waals surface area contributed by atoms with Crippen LogP contribution < -0.4 is 4.74 Å². The zero-order valence-electron chi connectivity index (χ0n) is 16.6. The van der Waals surface area contributed by atoms with Gasteiger partial charge in [0, 0.05) is 26.4 Å². The summed E-state index contributed by atoms with van der Waals surface area (Å²) in [5, 5.41) is 16.0. The van der Waals surface area contributed by atoms with Gasteiger partial charge in [0.15, 0.2) is 6.61 Å². The topological polar surface area (TPSA) is 187 Å². The first-order chi connectivity index (χ1) is 16.4. The summed E-state index contributed by atoms with van der Waals surface area (Å²) in [6, 6.07) is 2.17. The van der Waals surface area contributed by atoms with Crippen LogP contribution in [0.2, 0.25) is 0 Å². The molecule has 0 aliphatic heterocycles. The lowest BCUT2D eigenvalue weighted by Crippen LogP contribution is -2.34. The molecule has 0 bridgehead atoms. The average Bonchev–Trinajstić information content (AvgIpc) is 2.76. The van der Waals surface area contributed by atoms with Crippen molar-refractivity contribution in [1.29, 1.82) is 0 Å². The van der Waals surface area contributed by atoms with Crippen LogP contribution in [0, 0.1) is 24.4 Å². The van der Waals surface area contributed by atoms with Gasteiger partial charge in [0.2, 0.25) is 0 Å². The number of rotatable bonds is 8. The molecule has 194 valence electrons. The molecule has 0 radical (unpaired) electrons. The molecular weight excluding hydrogens is 972 g/mol. The quantitative estimate of drug-likeness (QED) is 0.0552. The molecule has 0 amide bonds. The van der Waals surface area contributed by atoms with Gasteiger partial charge in [-0.25, -0.2) is 14.4 Å². The first-order valence-corrected chi connectivity index (χ1v) is 14.3. The van der Waals surface area contributed by atoms with E-state index in [1.165, 1.54) is 0 Å². The molecule has 2 N–H and O–H groups in total. The van der Waals surface area contributed by atoms with E-state index in [1.54, 1.807) is 45.2 Å². The van der Waals surface area contributed by atoms with Crippen LogP contribution >= 0.6 is 90.4 Å². The molecule has 0 spiro atoms. The monoisotopic (exact) mass is 979 g/mol. The van der Waals surface area contributed by atoms with Crippen molar-refractivity contribution in [3.63, 3.8) is 0 Å². The second kappa shape index (κ2) is 11.8. The van der Waals surface area contributed by atoms with E-state index in [9.17, 15) is 46.8 Å². The Labute approximate surface area is 253 Å². The van der Waals surface area contributed by atoms with Gasteiger partial charge < -0.3 is 14.6 Å². The number of halogens is 6. The third kappa shape index (κ3) is 6.68. The van der Waals surface area contributed by atoms with Crippen LogP contribution in [0.4, 0.5) is 14.5 Å². The van der Waals surface area contributed by atoms with E-state index < -0.39 is 61.8 Å². The smallest absolute Gasteiger partial charge is 0.402 e. The molecule has 0 fully saturated rings. The Morgan fingerprint density at radius 3 is 2.00 bits per heavy atom. The molecule has 0 atom stereocenters. The van der Waals surface area contributed by atoms with Crippen molar-refractivity contribution >= 4 is 124 Å². The van der Waals surface area contributed by atoms with Gasteiger partial charge in [0.1, 0.15) is 11.3 Å². The number of carboxylic acids is 1.